The minimum atomic E-state index is -0.251. The van der Waals surface area contributed by atoms with Crippen molar-refractivity contribution in [2.24, 2.45) is 0 Å². The maximum absolute atomic E-state index is 13.8. The van der Waals surface area contributed by atoms with Crippen LogP contribution in [0.1, 0.15) is 17.2 Å². The van der Waals surface area contributed by atoms with Gasteiger partial charge in [0.25, 0.3) is 0 Å². The molecule has 18 heavy (non-hydrogen) atoms. The fourth-order valence-electron chi connectivity index (χ4n) is 1.98. The van der Waals surface area contributed by atoms with Gasteiger partial charge >= 0.3 is 0 Å². The zero-order valence-corrected chi connectivity index (χ0v) is 10.9. The molecular formula is C15H15ClFN. The van der Waals surface area contributed by atoms with Crippen molar-refractivity contribution in [3.8, 4) is 0 Å². The van der Waals surface area contributed by atoms with E-state index in [1.165, 1.54) is 6.07 Å². The molecule has 0 aromatic heterocycles. The van der Waals surface area contributed by atoms with Crippen LogP contribution in [-0.2, 0) is 6.42 Å². The predicted molar refractivity (Wildman–Crippen MR) is 73.4 cm³/mol. The van der Waals surface area contributed by atoms with Crippen LogP contribution in [0.2, 0.25) is 5.02 Å². The molecule has 0 amide bonds. The smallest absolute Gasteiger partial charge is 0.127 e. The van der Waals surface area contributed by atoms with Crippen molar-refractivity contribution in [1.82, 2.24) is 5.32 Å². The van der Waals surface area contributed by atoms with E-state index in [0.717, 1.165) is 5.56 Å². The quantitative estimate of drug-likeness (QED) is 0.880. The van der Waals surface area contributed by atoms with E-state index in [-0.39, 0.29) is 11.9 Å². The molecule has 0 radical (unpaired) electrons. The molecule has 1 nitrogen and oxygen atoms in total. The van der Waals surface area contributed by atoms with E-state index in [0.29, 0.717) is 17.0 Å². The van der Waals surface area contributed by atoms with Gasteiger partial charge in [0.2, 0.25) is 0 Å². The Bertz CT molecular complexity index is 513. The van der Waals surface area contributed by atoms with E-state index in [2.05, 4.69) is 5.32 Å². The Balaban J connectivity index is 2.21. The van der Waals surface area contributed by atoms with Crippen molar-refractivity contribution < 1.29 is 4.39 Å². The van der Waals surface area contributed by atoms with Crippen LogP contribution in [0.25, 0.3) is 0 Å². The number of rotatable bonds is 4. The summed E-state index contributed by atoms with van der Waals surface area (Å²) in [7, 11) is 1.88. The molecule has 1 unspecified atom stereocenters. The fraction of sp³-hybridized carbons (Fsp3) is 0.200. The first-order valence-corrected chi connectivity index (χ1v) is 6.24. The van der Waals surface area contributed by atoms with Crippen LogP contribution in [0.3, 0.4) is 0 Å². The van der Waals surface area contributed by atoms with Gasteiger partial charge in [-0.2, -0.15) is 0 Å². The molecular weight excluding hydrogens is 249 g/mol. The summed E-state index contributed by atoms with van der Waals surface area (Å²) < 4.78 is 13.8. The first-order chi connectivity index (χ1) is 8.70. The largest absolute Gasteiger partial charge is 0.313 e. The number of hydrogen-bond donors (Lipinski definition) is 1. The van der Waals surface area contributed by atoms with Crippen molar-refractivity contribution >= 4 is 11.6 Å². The SMILES string of the molecule is CNC(Cc1ccc(Cl)cc1F)c1ccccc1. The van der Waals surface area contributed by atoms with Crippen molar-refractivity contribution in [3.63, 3.8) is 0 Å². The van der Waals surface area contributed by atoms with Gasteiger partial charge in [0.05, 0.1) is 0 Å². The summed E-state index contributed by atoms with van der Waals surface area (Å²) >= 11 is 5.75. The van der Waals surface area contributed by atoms with Crippen molar-refractivity contribution in [2.75, 3.05) is 7.05 Å². The maximum Gasteiger partial charge on any atom is 0.127 e. The lowest BCUT2D eigenvalue weighted by Gasteiger charge is -2.17. The van der Waals surface area contributed by atoms with Gasteiger partial charge in [-0.15, -0.1) is 0 Å². The Hall–Kier alpha value is -1.38. The van der Waals surface area contributed by atoms with E-state index in [1.54, 1.807) is 12.1 Å². The molecule has 0 aliphatic rings. The van der Waals surface area contributed by atoms with Crippen LogP contribution >= 0.6 is 11.6 Å². The van der Waals surface area contributed by atoms with Gasteiger partial charge in [0, 0.05) is 11.1 Å². The van der Waals surface area contributed by atoms with E-state index >= 15 is 0 Å². The third kappa shape index (κ3) is 3.09. The Morgan fingerprint density at radius 1 is 1.17 bits per heavy atom. The second-order valence-corrected chi connectivity index (χ2v) is 4.63. The summed E-state index contributed by atoms with van der Waals surface area (Å²) in [6.45, 7) is 0. The molecule has 0 aliphatic carbocycles. The second-order valence-electron chi connectivity index (χ2n) is 4.19. The summed E-state index contributed by atoms with van der Waals surface area (Å²) in [5.41, 5.74) is 1.82. The number of halogens is 2. The topological polar surface area (TPSA) is 12.0 Å². The summed E-state index contributed by atoms with van der Waals surface area (Å²) in [5, 5.41) is 3.64. The average molecular weight is 264 g/mol. The highest BCUT2D eigenvalue weighted by Gasteiger charge is 2.12. The van der Waals surface area contributed by atoms with Crippen LogP contribution in [0, 0.1) is 5.82 Å². The van der Waals surface area contributed by atoms with Gasteiger partial charge < -0.3 is 5.32 Å². The van der Waals surface area contributed by atoms with Gasteiger partial charge in [0.1, 0.15) is 5.82 Å². The molecule has 1 atom stereocenters. The summed E-state index contributed by atoms with van der Waals surface area (Å²) in [5.74, 6) is -0.251. The first kappa shape index (κ1) is 13.1. The van der Waals surface area contributed by atoms with Gasteiger partial charge in [-0.25, -0.2) is 4.39 Å². The Kier molecular flexibility index (Phi) is 4.34. The molecule has 2 rings (SSSR count). The summed E-state index contributed by atoms with van der Waals surface area (Å²) in [6, 6.07) is 14.9. The van der Waals surface area contributed by atoms with Crippen LogP contribution < -0.4 is 5.32 Å². The first-order valence-electron chi connectivity index (χ1n) is 5.87. The van der Waals surface area contributed by atoms with E-state index < -0.39 is 0 Å². The normalized spacial score (nSPS) is 12.4. The summed E-state index contributed by atoms with van der Waals surface area (Å²) in [4.78, 5) is 0. The lowest BCUT2D eigenvalue weighted by Crippen LogP contribution is -2.19. The third-order valence-corrected chi connectivity index (χ3v) is 3.22. The standard InChI is InChI=1S/C15H15ClFN/c1-18-15(11-5-3-2-4-6-11)9-12-7-8-13(16)10-14(12)17/h2-8,10,15,18H,9H2,1H3. The minimum absolute atomic E-state index is 0.0990. The van der Waals surface area contributed by atoms with E-state index in [9.17, 15) is 4.39 Å². The predicted octanol–water partition coefficient (Wildman–Crippen LogP) is 3.98. The van der Waals surface area contributed by atoms with Crippen molar-refractivity contribution in [2.45, 2.75) is 12.5 Å². The molecule has 94 valence electrons. The summed E-state index contributed by atoms with van der Waals surface area (Å²) in [6.07, 6.45) is 0.601. The molecule has 2 aromatic carbocycles. The monoisotopic (exact) mass is 263 g/mol. The lowest BCUT2D eigenvalue weighted by molar-refractivity contribution is 0.554. The minimum Gasteiger partial charge on any atom is -0.313 e. The molecule has 0 fully saturated rings. The lowest BCUT2D eigenvalue weighted by atomic mass is 9.99. The van der Waals surface area contributed by atoms with Crippen LogP contribution in [-0.4, -0.2) is 7.05 Å². The van der Waals surface area contributed by atoms with Crippen LogP contribution in [0.15, 0.2) is 48.5 Å². The highest BCUT2D eigenvalue weighted by molar-refractivity contribution is 6.30. The number of hydrogen-bond acceptors (Lipinski definition) is 1. The van der Waals surface area contributed by atoms with Gasteiger partial charge in [0.15, 0.2) is 0 Å². The molecule has 0 saturated carbocycles. The average Bonchev–Trinajstić information content (AvgIpc) is 2.39. The number of nitrogens with one attached hydrogen (secondary N) is 1. The van der Waals surface area contributed by atoms with Gasteiger partial charge in [-0.3, -0.25) is 0 Å². The molecule has 0 heterocycles. The Morgan fingerprint density at radius 2 is 1.89 bits per heavy atom. The van der Waals surface area contributed by atoms with Gasteiger partial charge in [-0.1, -0.05) is 48.0 Å². The maximum atomic E-state index is 13.8. The van der Waals surface area contributed by atoms with Crippen LogP contribution in [0.5, 0.6) is 0 Å². The second kappa shape index (κ2) is 5.98. The molecule has 1 N–H and O–H groups in total. The number of benzene rings is 2. The highest BCUT2D eigenvalue weighted by Crippen LogP contribution is 2.21. The zero-order chi connectivity index (χ0) is 13.0. The van der Waals surface area contributed by atoms with Crippen molar-refractivity contribution in [3.05, 3.63) is 70.5 Å². The van der Waals surface area contributed by atoms with E-state index in [1.807, 2.05) is 37.4 Å². The third-order valence-electron chi connectivity index (χ3n) is 2.99. The van der Waals surface area contributed by atoms with E-state index in [4.69, 9.17) is 11.6 Å². The zero-order valence-electron chi connectivity index (χ0n) is 10.2. The molecule has 3 heteroatoms. The number of likely N-dealkylation sites (N-methyl/N-ethyl adjacent to an activating group) is 1. The van der Waals surface area contributed by atoms with Crippen molar-refractivity contribution in [1.29, 1.82) is 0 Å². The Morgan fingerprint density at radius 3 is 2.50 bits per heavy atom. The Labute approximate surface area is 112 Å². The molecule has 0 spiro atoms. The molecule has 0 aliphatic heterocycles. The van der Waals surface area contributed by atoms with Crippen LogP contribution in [0.4, 0.5) is 4.39 Å². The molecule has 0 saturated heterocycles. The van der Waals surface area contributed by atoms with Gasteiger partial charge in [-0.05, 0) is 36.7 Å². The molecule has 0 bridgehead atoms. The fourth-order valence-corrected chi connectivity index (χ4v) is 2.14. The molecule has 2 aromatic rings. The highest BCUT2D eigenvalue weighted by atomic mass is 35.5.